The lowest BCUT2D eigenvalue weighted by atomic mass is 9.83. The van der Waals surface area contributed by atoms with Gasteiger partial charge in [-0.25, -0.2) is 9.78 Å². The number of thiazole rings is 1. The van der Waals surface area contributed by atoms with Crippen LogP contribution < -0.4 is 10.6 Å². The molecule has 31 heavy (non-hydrogen) atoms. The van der Waals surface area contributed by atoms with Crippen LogP contribution in [0.25, 0.3) is 0 Å². The lowest BCUT2D eigenvalue weighted by molar-refractivity contribution is 0.0531. The number of halogens is 1. The molecule has 0 saturated heterocycles. The van der Waals surface area contributed by atoms with E-state index in [9.17, 15) is 4.79 Å². The average Bonchev–Trinajstić information content (AvgIpc) is 3.34. The zero-order valence-electron chi connectivity index (χ0n) is 19.6. The minimum Gasteiger partial charge on any atom is -0.462 e. The molecule has 1 aromatic rings. The number of esters is 1. The summed E-state index contributed by atoms with van der Waals surface area (Å²) in [6.07, 6.45) is 6.04. The summed E-state index contributed by atoms with van der Waals surface area (Å²) in [7, 11) is 0. The van der Waals surface area contributed by atoms with Gasteiger partial charge in [0, 0.05) is 26.3 Å². The number of ether oxygens (including phenoxy) is 2. The average molecular weight is 567 g/mol. The van der Waals surface area contributed by atoms with Crippen LogP contribution in [0.5, 0.6) is 0 Å². The van der Waals surface area contributed by atoms with E-state index in [1.807, 2.05) is 27.7 Å². The Labute approximate surface area is 208 Å². The Morgan fingerprint density at radius 2 is 1.97 bits per heavy atom. The van der Waals surface area contributed by atoms with Crippen LogP contribution in [0.4, 0.5) is 0 Å². The van der Waals surface area contributed by atoms with Gasteiger partial charge >= 0.3 is 5.97 Å². The van der Waals surface area contributed by atoms with Gasteiger partial charge in [-0.05, 0) is 59.3 Å². The second-order valence-electron chi connectivity index (χ2n) is 7.90. The standard InChI is InChI=1S/C22H38N4O3S.HI/c1-6-23-21(24-15-22(11-9-10-12-22)13-14-28-7-2)26-17(5)19-25-16(4)18(30-19)20(27)29-8-3;/h17H,6-15H2,1-5H3,(H2,23,24,26);1H. The topological polar surface area (TPSA) is 84.8 Å². The van der Waals surface area contributed by atoms with Crippen molar-refractivity contribution < 1.29 is 14.3 Å². The molecule has 9 heteroatoms. The van der Waals surface area contributed by atoms with E-state index < -0.39 is 0 Å². The number of guanidine groups is 1. The van der Waals surface area contributed by atoms with Crippen molar-refractivity contribution in [2.24, 2.45) is 10.4 Å². The SMILES string of the molecule is CCNC(=NCC1(CCOCC)CCCC1)NC(C)c1nc(C)c(C(=O)OCC)s1.I. The minimum atomic E-state index is -0.302. The highest BCUT2D eigenvalue weighted by Crippen LogP contribution is 2.41. The molecule has 1 atom stereocenters. The Hall–Kier alpha value is -0.940. The summed E-state index contributed by atoms with van der Waals surface area (Å²) in [6.45, 7) is 13.3. The molecule has 2 N–H and O–H groups in total. The number of hydrogen-bond donors (Lipinski definition) is 2. The number of aromatic nitrogens is 1. The number of carbonyl (C=O) groups excluding carboxylic acids is 1. The molecule has 1 aromatic heterocycles. The molecule has 1 fully saturated rings. The highest BCUT2D eigenvalue weighted by atomic mass is 127. The molecule has 0 radical (unpaired) electrons. The maximum absolute atomic E-state index is 12.1. The summed E-state index contributed by atoms with van der Waals surface area (Å²) < 4.78 is 10.8. The van der Waals surface area contributed by atoms with Gasteiger partial charge in [0.2, 0.25) is 0 Å². The zero-order chi connectivity index (χ0) is 22.0. The van der Waals surface area contributed by atoms with Gasteiger partial charge in [-0.2, -0.15) is 0 Å². The van der Waals surface area contributed by atoms with E-state index >= 15 is 0 Å². The maximum Gasteiger partial charge on any atom is 0.350 e. The van der Waals surface area contributed by atoms with E-state index in [4.69, 9.17) is 14.5 Å². The van der Waals surface area contributed by atoms with Gasteiger partial charge in [0.05, 0.1) is 18.3 Å². The van der Waals surface area contributed by atoms with E-state index in [0.29, 0.717) is 17.2 Å². The van der Waals surface area contributed by atoms with Gasteiger partial charge in [0.1, 0.15) is 9.88 Å². The van der Waals surface area contributed by atoms with Crippen LogP contribution in [0.2, 0.25) is 0 Å². The highest BCUT2D eigenvalue weighted by molar-refractivity contribution is 14.0. The van der Waals surface area contributed by atoms with Gasteiger partial charge in [-0.1, -0.05) is 12.8 Å². The van der Waals surface area contributed by atoms with Crippen LogP contribution in [-0.4, -0.2) is 49.8 Å². The minimum absolute atomic E-state index is 0. The summed E-state index contributed by atoms with van der Waals surface area (Å²) in [5, 5.41) is 7.66. The molecule has 1 saturated carbocycles. The molecule has 0 bridgehead atoms. The Kier molecular flexibility index (Phi) is 12.9. The van der Waals surface area contributed by atoms with Crippen molar-refractivity contribution in [2.75, 3.05) is 32.9 Å². The monoisotopic (exact) mass is 566 g/mol. The molecule has 0 aromatic carbocycles. The first-order valence-electron chi connectivity index (χ1n) is 11.2. The van der Waals surface area contributed by atoms with Crippen LogP contribution >= 0.6 is 35.3 Å². The van der Waals surface area contributed by atoms with E-state index in [2.05, 4.69) is 22.5 Å². The van der Waals surface area contributed by atoms with Gasteiger partial charge in [-0.15, -0.1) is 35.3 Å². The number of carbonyl (C=O) groups is 1. The third kappa shape index (κ3) is 8.49. The highest BCUT2D eigenvalue weighted by Gasteiger charge is 2.33. The van der Waals surface area contributed by atoms with Crippen LogP contribution in [0.15, 0.2) is 4.99 Å². The van der Waals surface area contributed by atoms with E-state index in [1.54, 1.807) is 0 Å². The molecular weight excluding hydrogens is 527 g/mol. The van der Waals surface area contributed by atoms with Crippen molar-refractivity contribution in [3.8, 4) is 0 Å². The predicted octanol–water partition coefficient (Wildman–Crippen LogP) is 4.85. The number of aliphatic imine (C=N–C) groups is 1. The van der Waals surface area contributed by atoms with Crippen molar-refractivity contribution in [2.45, 2.75) is 72.8 Å². The van der Waals surface area contributed by atoms with Crippen LogP contribution in [0.1, 0.15) is 86.2 Å². The molecule has 7 nitrogen and oxygen atoms in total. The Morgan fingerprint density at radius 1 is 1.26 bits per heavy atom. The smallest absolute Gasteiger partial charge is 0.350 e. The summed E-state index contributed by atoms with van der Waals surface area (Å²) in [6, 6.07) is -0.0578. The summed E-state index contributed by atoms with van der Waals surface area (Å²) in [4.78, 5) is 22.2. The fraction of sp³-hybridized carbons (Fsp3) is 0.773. The summed E-state index contributed by atoms with van der Waals surface area (Å²) in [5.41, 5.74) is 0.958. The van der Waals surface area contributed by atoms with Gasteiger partial charge in [0.25, 0.3) is 0 Å². The van der Waals surface area contributed by atoms with Crippen LogP contribution in [0.3, 0.4) is 0 Å². The van der Waals surface area contributed by atoms with Crippen molar-refractivity contribution in [1.29, 1.82) is 0 Å². The Morgan fingerprint density at radius 3 is 2.58 bits per heavy atom. The second kappa shape index (κ2) is 14.3. The Bertz CT molecular complexity index is 705. The molecule has 0 aliphatic heterocycles. The molecule has 0 amide bonds. The zero-order valence-corrected chi connectivity index (χ0v) is 22.7. The number of rotatable bonds is 11. The fourth-order valence-corrected chi connectivity index (χ4v) is 4.83. The molecule has 178 valence electrons. The van der Waals surface area contributed by atoms with Gasteiger partial charge in [0.15, 0.2) is 5.96 Å². The molecule has 1 heterocycles. The van der Waals surface area contributed by atoms with Crippen molar-refractivity contribution in [1.82, 2.24) is 15.6 Å². The van der Waals surface area contributed by atoms with Crippen LogP contribution in [-0.2, 0) is 9.47 Å². The summed E-state index contributed by atoms with van der Waals surface area (Å²) in [5.74, 6) is 0.488. The van der Waals surface area contributed by atoms with Gasteiger partial charge < -0.3 is 20.1 Å². The number of aryl methyl sites for hydroxylation is 1. The second-order valence-corrected chi connectivity index (χ2v) is 8.93. The fourth-order valence-electron chi connectivity index (χ4n) is 3.87. The normalized spacial score (nSPS) is 16.5. The molecule has 1 aliphatic rings. The molecule has 0 spiro atoms. The third-order valence-corrected chi connectivity index (χ3v) is 6.88. The molecule has 2 rings (SSSR count). The van der Waals surface area contributed by atoms with Crippen molar-refractivity contribution >= 4 is 47.2 Å². The number of nitrogens with zero attached hydrogens (tertiary/aromatic N) is 2. The third-order valence-electron chi connectivity index (χ3n) is 5.56. The van der Waals surface area contributed by atoms with Crippen molar-refractivity contribution in [3.05, 3.63) is 15.6 Å². The van der Waals surface area contributed by atoms with Crippen molar-refractivity contribution in [3.63, 3.8) is 0 Å². The molecule has 1 aliphatic carbocycles. The first-order chi connectivity index (χ1) is 14.4. The van der Waals surface area contributed by atoms with E-state index in [0.717, 1.165) is 43.7 Å². The quantitative estimate of drug-likeness (QED) is 0.131. The first-order valence-corrected chi connectivity index (χ1v) is 12.0. The Balaban J connectivity index is 0.00000480. The van der Waals surface area contributed by atoms with E-state index in [-0.39, 0.29) is 41.4 Å². The van der Waals surface area contributed by atoms with Gasteiger partial charge in [-0.3, -0.25) is 4.99 Å². The van der Waals surface area contributed by atoms with E-state index in [1.165, 1.54) is 37.0 Å². The molecule has 1 unspecified atom stereocenters. The lowest BCUT2D eigenvalue weighted by Gasteiger charge is -2.27. The largest absolute Gasteiger partial charge is 0.462 e. The lowest BCUT2D eigenvalue weighted by Crippen LogP contribution is -2.39. The summed E-state index contributed by atoms with van der Waals surface area (Å²) >= 11 is 1.38. The molecular formula is C22H39IN4O3S. The number of nitrogens with one attached hydrogen (secondary N) is 2. The maximum atomic E-state index is 12.1. The number of hydrogen-bond acceptors (Lipinski definition) is 6. The van der Waals surface area contributed by atoms with Crippen LogP contribution in [0, 0.1) is 12.3 Å². The predicted molar refractivity (Wildman–Crippen MR) is 138 cm³/mol. The first kappa shape index (κ1) is 28.1.